The van der Waals surface area contributed by atoms with Gasteiger partial charge in [-0.15, -0.1) is 0 Å². The lowest BCUT2D eigenvalue weighted by Crippen LogP contribution is -2.49. The van der Waals surface area contributed by atoms with Crippen molar-refractivity contribution in [3.05, 3.63) is 18.0 Å². The molecule has 2 unspecified atom stereocenters. The van der Waals surface area contributed by atoms with Gasteiger partial charge in [-0.25, -0.2) is 9.97 Å². The SMILES string of the molecule is Cc1ccnc(NC2(CN)CCCC(C)C2)n1. The van der Waals surface area contributed by atoms with E-state index in [1.54, 1.807) is 6.20 Å². The van der Waals surface area contributed by atoms with Crippen molar-refractivity contribution in [3.8, 4) is 0 Å². The number of hydrogen-bond donors (Lipinski definition) is 2. The highest BCUT2D eigenvalue weighted by molar-refractivity contribution is 5.30. The standard InChI is InChI=1S/C13H22N4/c1-10-4-3-6-13(8-10,9-14)17-12-15-7-5-11(2)16-12/h5,7,10H,3-4,6,8-9,14H2,1-2H3,(H,15,16,17). The summed E-state index contributed by atoms with van der Waals surface area (Å²) in [5.41, 5.74) is 6.94. The monoisotopic (exact) mass is 234 g/mol. The molecule has 1 aliphatic rings. The molecule has 0 aliphatic heterocycles. The van der Waals surface area contributed by atoms with Gasteiger partial charge in [-0.1, -0.05) is 19.8 Å². The number of nitrogens with one attached hydrogen (secondary N) is 1. The van der Waals surface area contributed by atoms with Gasteiger partial charge in [-0.2, -0.15) is 0 Å². The number of nitrogens with zero attached hydrogens (tertiary/aromatic N) is 2. The minimum absolute atomic E-state index is 0.00847. The molecule has 2 atom stereocenters. The summed E-state index contributed by atoms with van der Waals surface area (Å²) >= 11 is 0. The van der Waals surface area contributed by atoms with Gasteiger partial charge < -0.3 is 11.1 Å². The Morgan fingerprint density at radius 3 is 3.06 bits per heavy atom. The van der Waals surface area contributed by atoms with Crippen molar-refractivity contribution in [1.29, 1.82) is 0 Å². The van der Waals surface area contributed by atoms with Crippen LogP contribution in [0.4, 0.5) is 5.95 Å². The van der Waals surface area contributed by atoms with E-state index in [-0.39, 0.29) is 5.54 Å². The first-order valence-electron chi connectivity index (χ1n) is 6.41. The van der Waals surface area contributed by atoms with Crippen molar-refractivity contribution in [2.24, 2.45) is 11.7 Å². The lowest BCUT2D eigenvalue weighted by Gasteiger charge is -2.40. The van der Waals surface area contributed by atoms with E-state index in [2.05, 4.69) is 22.2 Å². The summed E-state index contributed by atoms with van der Waals surface area (Å²) in [6, 6.07) is 1.91. The number of hydrogen-bond acceptors (Lipinski definition) is 4. The lowest BCUT2D eigenvalue weighted by molar-refractivity contribution is 0.262. The zero-order chi connectivity index (χ0) is 12.3. The van der Waals surface area contributed by atoms with Crippen molar-refractivity contribution in [2.75, 3.05) is 11.9 Å². The zero-order valence-corrected chi connectivity index (χ0v) is 10.7. The topological polar surface area (TPSA) is 63.8 Å². The van der Waals surface area contributed by atoms with E-state index >= 15 is 0 Å². The fourth-order valence-electron chi connectivity index (χ4n) is 2.76. The van der Waals surface area contributed by atoms with Gasteiger partial charge in [0.05, 0.1) is 5.54 Å². The molecule has 4 nitrogen and oxygen atoms in total. The molecule has 1 saturated carbocycles. The highest BCUT2D eigenvalue weighted by Crippen LogP contribution is 2.33. The van der Waals surface area contributed by atoms with Crippen LogP contribution >= 0.6 is 0 Å². The second-order valence-corrected chi connectivity index (χ2v) is 5.33. The molecule has 0 saturated heterocycles. The number of nitrogens with two attached hydrogens (primary N) is 1. The Morgan fingerprint density at radius 1 is 1.59 bits per heavy atom. The average Bonchev–Trinajstić information content (AvgIpc) is 2.29. The largest absolute Gasteiger partial charge is 0.347 e. The summed E-state index contributed by atoms with van der Waals surface area (Å²) < 4.78 is 0. The van der Waals surface area contributed by atoms with Crippen LogP contribution in [0.2, 0.25) is 0 Å². The van der Waals surface area contributed by atoms with Crippen LogP contribution in [0.15, 0.2) is 12.3 Å². The van der Waals surface area contributed by atoms with E-state index < -0.39 is 0 Å². The van der Waals surface area contributed by atoms with E-state index in [0.29, 0.717) is 12.5 Å². The van der Waals surface area contributed by atoms with Gasteiger partial charge in [0.2, 0.25) is 5.95 Å². The number of aryl methyl sites for hydroxylation is 1. The van der Waals surface area contributed by atoms with E-state index in [0.717, 1.165) is 24.5 Å². The van der Waals surface area contributed by atoms with Gasteiger partial charge in [0.1, 0.15) is 0 Å². The van der Waals surface area contributed by atoms with Crippen molar-refractivity contribution >= 4 is 5.95 Å². The van der Waals surface area contributed by atoms with Crippen LogP contribution in [0.1, 0.15) is 38.3 Å². The van der Waals surface area contributed by atoms with Gasteiger partial charge in [0.25, 0.3) is 0 Å². The Kier molecular flexibility index (Phi) is 3.62. The molecule has 1 aromatic rings. The Bertz CT molecular complexity index is 379. The fourth-order valence-corrected chi connectivity index (χ4v) is 2.76. The quantitative estimate of drug-likeness (QED) is 0.840. The Labute approximate surface area is 103 Å². The minimum Gasteiger partial charge on any atom is -0.347 e. The zero-order valence-electron chi connectivity index (χ0n) is 10.7. The molecule has 17 heavy (non-hydrogen) atoms. The molecular formula is C13H22N4. The fraction of sp³-hybridized carbons (Fsp3) is 0.692. The van der Waals surface area contributed by atoms with Crippen LogP contribution in [0.5, 0.6) is 0 Å². The molecule has 3 N–H and O–H groups in total. The van der Waals surface area contributed by atoms with Crippen molar-refractivity contribution in [3.63, 3.8) is 0 Å². The summed E-state index contributed by atoms with van der Waals surface area (Å²) in [4.78, 5) is 8.68. The maximum absolute atomic E-state index is 5.97. The molecule has 94 valence electrons. The Hall–Kier alpha value is -1.16. The van der Waals surface area contributed by atoms with E-state index in [4.69, 9.17) is 5.73 Å². The van der Waals surface area contributed by atoms with Crippen molar-refractivity contribution in [1.82, 2.24) is 9.97 Å². The second-order valence-electron chi connectivity index (χ2n) is 5.33. The van der Waals surface area contributed by atoms with Crippen LogP contribution in [-0.4, -0.2) is 22.1 Å². The first-order chi connectivity index (χ1) is 8.13. The third-order valence-corrected chi connectivity index (χ3v) is 3.65. The van der Waals surface area contributed by atoms with E-state index in [9.17, 15) is 0 Å². The molecular weight excluding hydrogens is 212 g/mol. The molecule has 1 aliphatic carbocycles. The molecule has 0 spiro atoms. The first kappa shape index (κ1) is 12.3. The van der Waals surface area contributed by atoms with Gasteiger partial charge >= 0.3 is 0 Å². The van der Waals surface area contributed by atoms with Crippen LogP contribution in [0, 0.1) is 12.8 Å². The highest BCUT2D eigenvalue weighted by Gasteiger charge is 2.34. The summed E-state index contributed by atoms with van der Waals surface area (Å²) in [5.74, 6) is 1.44. The van der Waals surface area contributed by atoms with Crippen molar-refractivity contribution in [2.45, 2.75) is 45.1 Å². The van der Waals surface area contributed by atoms with Crippen molar-refractivity contribution < 1.29 is 0 Å². The molecule has 1 aromatic heterocycles. The molecule has 2 rings (SSSR count). The van der Waals surface area contributed by atoms with Crippen LogP contribution < -0.4 is 11.1 Å². The molecule has 0 amide bonds. The summed E-state index contributed by atoms with van der Waals surface area (Å²) in [6.45, 7) is 4.92. The summed E-state index contributed by atoms with van der Waals surface area (Å²) in [5, 5.41) is 3.47. The lowest BCUT2D eigenvalue weighted by atomic mass is 9.76. The predicted molar refractivity (Wildman–Crippen MR) is 69.8 cm³/mol. The Morgan fingerprint density at radius 2 is 2.41 bits per heavy atom. The highest BCUT2D eigenvalue weighted by atomic mass is 15.1. The van der Waals surface area contributed by atoms with Crippen LogP contribution in [-0.2, 0) is 0 Å². The van der Waals surface area contributed by atoms with Gasteiger partial charge in [0, 0.05) is 18.4 Å². The minimum atomic E-state index is -0.00847. The van der Waals surface area contributed by atoms with Crippen LogP contribution in [0.3, 0.4) is 0 Å². The van der Waals surface area contributed by atoms with E-state index in [1.807, 2.05) is 13.0 Å². The van der Waals surface area contributed by atoms with E-state index in [1.165, 1.54) is 12.8 Å². The molecule has 0 aromatic carbocycles. The maximum Gasteiger partial charge on any atom is 0.223 e. The van der Waals surface area contributed by atoms with Gasteiger partial charge in [0.15, 0.2) is 0 Å². The average molecular weight is 234 g/mol. The third-order valence-electron chi connectivity index (χ3n) is 3.65. The number of anilines is 1. The molecule has 4 heteroatoms. The van der Waals surface area contributed by atoms with Crippen LogP contribution in [0.25, 0.3) is 0 Å². The Balaban J connectivity index is 2.13. The van der Waals surface area contributed by atoms with Gasteiger partial charge in [-0.3, -0.25) is 0 Å². The maximum atomic E-state index is 5.97. The first-order valence-corrected chi connectivity index (χ1v) is 6.41. The smallest absolute Gasteiger partial charge is 0.223 e. The number of rotatable bonds is 3. The second kappa shape index (κ2) is 5.00. The normalized spacial score (nSPS) is 29.0. The predicted octanol–water partition coefficient (Wildman–Crippen LogP) is 2.10. The molecule has 1 heterocycles. The van der Waals surface area contributed by atoms with Gasteiger partial charge in [-0.05, 0) is 31.7 Å². The third kappa shape index (κ3) is 2.94. The summed E-state index contributed by atoms with van der Waals surface area (Å²) in [7, 11) is 0. The molecule has 0 bridgehead atoms. The summed E-state index contributed by atoms with van der Waals surface area (Å²) in [6.07, 6.45) is 6.56. The molecule has 0 radical (unpaired) electrons. The number of aromatic nitrogens is 2. The molecule has 1 fully saturated rings.